The zero-order valence-corrected chi connectivity index (χ0v) is 12.1. The van der Waals surface area contributed by atoms with Crippen LogP contribution in [0.1, 0.15) is 51.1 Å². The maximum atomic E-state index is 6.29. The molecule has 1 N–H and O–H groups in total. The van der Waals surface area contributed by atoms with Crippen molar-refractivity contribution in [3.63, 3.8) is 0 Å². The van der Waals surface area contributed by atoms with Crippen molar-refractivity contribution >= 4 is 11.5 Å². The predicted octanol–water partition coefficient (Wildman–Crippen LogP) is 3.14. The number of nitrogens with one attached hydrogen (secondary N) is 1. The number of nitrogens with zero attached hydrogens (tertiary/aromatic N) is 1. The van der Waals surface area contributed by atoms with Gasteiger partial charge in [0.1, 0.15) is 0 Å². The molecule has 2 atom stereocenters. The molecule has 1 spiro atoms. The van der Waals surface area contributed by atoms with E-state index >= 15 is 0 Å². The average Bonchev–Trinajstić information content (AvgIpc) is 2.81. The Morgan fingerprint density at radius 3 is 3.06 bits per heavy atom. The number of hydrogen-bond donors (Lipinski definition) is 1. The highest BCUT2D eigenvalue weighted by Gasteiger charge is 2.48. The van der Waals surface area contributed by atoms with Crippen LogP contribution in [-0.2, 0) is 4.74 Å². The molecule has 4 heteroatoms. The number of ether oxygens (including phenoxy) is 1. The third kappa shape index (κ3) is 2.22. The maximum absolute atomic E-state index is 6.29. The van der Waals surface area contributed by atoms with Gasteiger partial charge in [-0.15, -0.1) is 0 Å². The molecular weight excluding hydrogens is 244 g/mol. The van der Waals surface area contributed by atoms with Crippen molar-refractivity contribution < 1.29 is 4.74 Å². The summed E-state index contributed by atoms with van der Waals surface area (Å²) in [5.41, 5.74) is 1.68. The first-order valence-electron chi connectivity index (χ1n) is 6.88. The summed E-state index contributed by atoms with van der Waals surface area (Å²) < 4.78 is 10.6. The molecule has 1 aromatic rings. The average molecular weight is 266 g/mol. The Labute approximate surface area is 113 Å². The first kappa shape index (κ1) is 12.6. The number of hydrogen-bond acceptors (Lipinski definition) is 4. The van der Waals surface area contributed by atoms with Crippen LogP contribution in [0.3, 0.4) is 0 Å². The van der Waals surface area contributed by atoms with Crippen molar-refractivity contribution in [3.05, 3.63) is 17.1 Å². The normalized spacial score (nSPS) is 35.8. The van der Waals surface area contributed by atoms with Gasteiger partial charge in [0.2, 0.25) is 0 Å². The van der Waals surface area contributed by atoms with Gasteiger partial charge in [-0.3, -0.25) is 0 Å². The minimum atomic E-state index is -0.0112. The van der Waals surface area contributed by atoms with Crippen molar-refractivity contribution in [1.82, 2.24) is 9.69 Å². The van der Waals surface area contributed by atoms with E-state index < -0.39 is 0 Å². The van der Waals surface area contributed by atoms with Crippen LogP contribution in [0.25, 0.3) is 0 Å². The lowest BCUT2D eigenvalue weighted by molar-refractivity contribution is -0.141. The van der Waals surface area contributed by atoms with Gasteiger partial charge in [-0.2, -0.15) is 0 Å². The van der Waals surface area contributed by atoms with Gasteiger partial charge in [-0.1, -0.05) is 13.8 Å². The van der Waals surface area contributed by atoms with E-state index in [0.29, 0.717) is 11.5 Å². The first-order chi connectivity index (χ1) is 8.61. The van der Waals surface area contributed by atoms with Crippen LogP contribution >= 0.6 is 11.5 Å². The lowest BCUT2D eigenvalue weighted by atomic mass is 9.66. The highest BCUT2D eigenvalue weighted by atomic mass is 32.1. The summed E-state index contributed by atoms with van der Waals surface area (Å²) in [4.78, 5) is 0. The van der Waals surface area contributed by atoms with Gasteiger partial charge >= 0.3 is 0 Å². The SMILES string of the molecule is CC1(C)CCCC2(C1)OCCNC2c1cnsc1. The topological polar surface area (TPSA) is 34.1 Å². The predicted molar refractivity (Wildman–Crippen MR) is 73.8 cm³/mol. The Kier molecular flexibility index (Phi) is 3.20. The summed E-state index contributed by atoms with van der Waals surface area (Å²) in [6, 6.07) is 0.324. The van der Waals surface area contributed by atoms with E-state index in [-0.39, 0.29) is 5.60 Å². The lowest BCUT2D eigenvalue weighted by Gasteiger charge is -2.51. The molecule has 100 valence electrons. The van der Waals surface area contributed by atoms with Gasteiger partial charge < -0.3 is 10.1 Å². The molecule has 2 aliphatic rings. The highest BCUT2D eigenvalue weighted by molar-refractivity contribution is 7.03. The second-order valence-electron chi connectivity index (χ2n) is 6.45. The molecule has 1 aliphatic carbocycles. The van der Waals surface area contributed by atoms with Gasteiger partial charge in [0.25, 0.3) is 0 Å². The Morgan fingerprint density at radius 1 is 1.44 bits per heavy atom. The van der Waals surface area contributed by atoms with Crippen molar-refractivity contribution in [1.29, 1.82) is 0 Å². The second kappa shape index (κ2) is 4.58. The summed E-state index contributed by atoms with van der Waals surface area (Å²) in [5.74, 6) is 0. The van der Waals surface area contributed by atoms with Gasteiger partial charge in [0, 0.05) is 23.7 Å². The number of rotatable bonds is 1. The van der Waals surface area contributed by atoms with E-state index in [2.05, 4.69) is 28.9 Å². The van der Waals surface area contributed by atoms with Gasteiger partial charge in [0.15, 0.2) is 0 Å². The van der Waals surface area contributed by atoms with Crippen LogP contribution in [0.4, 0.5) is 0 Å². The quantitative estimate of drug-likeness (QED) is 0.848. The Morgan fingerprint density at radius 2 is 2.33 bits per heavy atom. The van der Waals surface area contributed by atoms with Gasteiger partial charge in [-0.25, -0.2) is 4.37 Å². The van der Waals surface area contributed by atoms with Crippen LogP contribution < -0.4 is 5.32 Å². The molecule has 1 aromatic heterocycles. The fourth-order valence-electron chi connectivity index (χ4n) is 3.73. The molecule has 0 aromatic carbocycles. The largest absolute Gasteiger partial charge is 0.372 e. The third-order valence-electron chi connectivity index (χ3n) is 4.38. The van der Waals surface area contributed by atoms with Crippen LogP contribution in [0, 0.1) is 5.41 Å². The van der Waals surface area contributed by atoms with Crippen molar-refractivity contribution in [2.24, 2.45) is 5.41 Å². The standard InChI is InChI=1S/C14H22N2OS/c1-13(2)4-3-5-14(10-13)12(15-6-7-17-14)11-8-16-18-9-11/h8-9,12,15H,3-7,10H2,1-2H3. The Hall–Kier alpha value is -0.450. The fraction of sp³-hybridized carbons (Fsp3) is 0.786. The van der Waals surface area contributed by atoms with Crippen molar-refractivity contribution in [2.75, 3.05) is 13.2 Å². The van der Waals surface area contributed by atoms with E-state index in [1.807, 2.05) is 6.20 Å². The van der Waals surface area contributed by atoms with Crippen LogP contribution in [0.15, 0.2) is 11.6 Å². The minimum absolute atomic E-state index is 0.0112. The summed E-state index contributed by atoms with van der Waals surface area (Å²) in [5, 5.41) is 5.82. The number of morpholine rings is 1. The lowest BCUT2D eigenvalue weighted by Crippen LogP contribution is -2.55. The van der Waals surface area contributed by atoms with Crippen LogP contribution in [0.5, 0.6) is 0 Å². The molecule has 3 rings (SSSR count). The molecule has 1 aliphatic heterocycles. The van der Waals surface area contributed by atoms with Crippen molar-refractivity contribution in [2.45, 2.75) is 51.2 Å². The minimum Gasteiger partial charge on any atom is -0.372 e. The summed E-state index contributed by atoms with van der Waals surface area (Å²) in [6.07, 6.45) is 6.90. The maximum Gasteiger partial charge on any atom is 0.0882 e. The zero-order valence-electron chi connectivity index (χ0n) is 11.2. The van der Waals surface area contributed by atoms with Crippen LogP contribution in [-0.4, -0.2) is 23.1 Å². The fourth-order valence-corrected chi connectivity index (χ4v) is 4.29. The second-order valence-corrected chi connectivity index (χ2v) is 7.11. The van der Waals surface area contributed by atoms with E-state index in [1.54, 1.807) is 0 Å². The molecule has 0 amide bonds. The molecule has 2 heterocycles. The first-order valence-corrected chi connectivity index (χ1v) is 7.72. The molecule has 2 fully saturated rings. The van der Waals surface area contributed by atoms with Gasteiger partial charge in [0.05, 0.1) is 18.2 Å². The Bertz CT molecular complexity index is 400. The monoisotopic (exact) mass is 266 g/mol. The molecule has 3 nitrogen and oxygen atoms in total. The molecule has 2 unspecified atom stereocenters. The molecule has 18 heavy (non-hydrogen) atoms. The summed E-state index contributed by atoms with van der Waals surface area (Å²) >= 11 is 1.53. The molecule has 1 saturated heterocycles. The molecule has 0 bridgehead atoms. The smallest absolute Gasteiger partial charge is 0.0882 e. The zero-order chi connectivity index (χ0) is 12.6. The third-order valence-corrected chi connectivity index (χ3v) is 4.99. The van der Waals surface area contributed by atoms with E-state index in [4.69, 9.17) is 4.74 Å². The number of aromatic nitrogens is 1. The highest BCUT2D eigenvalue weighted by Crippen LogP contribution is 2.49. The van der Waals surface area contributed by atoms with E-state index in [0.717, 1.165) is 19.6 Å². The molecular formula is C14H22N2OS. The Balaban J connectivity index is 1.91. The molecule has 1 saturated carbocycles. The molecule has 0 radical (unpaired) electrons. The van der Waals surface area contributed by atoms with Crippen LogP contribution in [0.2, 0.25) is 0 Å². The van der Waals surface area contributed by atoms with Gasteiger partial charge in [-0.05, 0) is 42.6 Å². The van der Waals surface area contributed by atoms with E-state index in [1.165, 1.54) is 36.4 Å². The summed E-state index contributed by atoms with van der Waals surface area (Å²) in [6.45, 7) is 6.52. The summed E-state index contributed by atoms with van der Waals surface area (Å²) in [7, 11) is 0. The van der Waals surface area contributed by atoms with Crippen molar-refractivity contribution in [3.8, 4) is 0 Å². The van der Waals surface area contributed by atoms with E-state index in [9.17, 15) is 0 Å².